The van der Waals surface area contributed by atoms with Crippen LogP contribution in [0.2, 0.25) is 5.02 Å². The van der Waals surface area contributed by atoms with Crippen molar-refractivity contribution in [3.05, 3.63) is 34.9 Å². The Bertz CT molecular complexity index is 369. The maximum Gasteiger partial charge on any atom is 0.0497 e. The Hall–Kier alpha value is -0.610. The van der Waals surface area contributed by atoms with Gasteiger partial charge in [0.1, 0.15) is 0 Å². The second kappa shape index (κ2) is 6.02. The van der Waals surface area contributed by atoms with E-state index in [1.54, 1.807) is 0 Å². The van der Waals surface area contributed by atoms with Crippen molar-refractivity contribution in [1.29, 1.82) is 0 Å². The first kappa shape index (κ1) is 13.8. The average molecular weight is 268 g/mol. The number of halogens is 1. The summed E-state index contributed by atoms with van der Waals surface area (Å²) in [5.74, 6) is 0. The molecule has 1 saturated heterocycles. The third-order valence-electron chi connectivity index (χ3n) is 3.64. The fourth-order valence-electron chi connectivity index (χ4n) is 2.61. The summed E-state index contributed by atoms with van der Waals surface area (Å²) in [5.41, 5.74) is 7.45. The van der Waals surface area contributed by atoms with Crippen LogP contribution >= 0.6 is 11.6 Å². The summed E-state index contributed by atoms with van der Waals surface area (Å²) in [5, 5.41) is 0.778. The molecule has 0 bridgehead atoms. The van der Waals surface area contributed by atoms with Gasteiger partial charge in [-0.25, -0.2) is 0 Å². The molecule has 3 nitrogen and oxygen atoms in total. The Kier molecular flexibility index (Phi) is 4.62. The highest BCUT2D eigenvalue weighted by atomic mass is 35.5. The first-order valence-corrected chi connectivity index (χ1v) is 6.89. The van der Waals surface area contributed by atoms with E-state index >= 15 is 0 Å². The van der Waals surface area contributed by atoms with Gasteiger partial charge in [0, 0.05) is 43.3 Å². The highest BCUT2D eigenvalue weighted by Crippen LogP contribution is 2.25. The summed E-state index contributed by atoms with van der Waals surface area (Å²) in [6.07, 6.45) is 0. The molecule has 2 atom stereocenters. The number of likely N-dealkylation sites (N-methyl/N-ethyl adjacent to an activating group) is 1. The lowest BCUT2D eigenvalue weighted by Gasteiger charge is -2.40. The molecule has 0 radical (unpaired) electrons. The van der Waals surface area contributed by atoms with E-state index in [0.717, 1.165) is 31.2 Å². The number of nitrogens with two attached hydrogens (primary N) is 1. The van der Waals surface area contributed by atoms with Gasteiger partial charge in [-0.2, -0.15) is 0 Å². The van der Waals surface area contributed by atoms with Crippen LogP contribution in [0.5, 0.6) is 0 Å². The fraction of sp³-hybridized carbons (Fsp3) is 0.571. The monoisotopic (exact) mass is 267 g/mol. The van der Waals surface area contributed by atoms with Crippen molar-refractivity contribution in [2.75, 3.05) is 33.2 Å². The molecule has 18 heavy (non-hydrogen) atoms. The van der Waals surface area contributed by atoms with Gasteiger partial charge >= 0.3 is 0 Å². The second-order valence-corrected chi connectivity index (χ2v) is 5.63. The summed E-state index contributed by atoms with van der Waals surface area (Å²) in [7, 11) is 2.17. The summed E-state index contributed by atoms with van der Waals surface area (Å²) in [6.45, 7) is 6.45. The van der Waals surface area contributed by atoms with Crippen molar-refractivity contribution < 1.29 is 0 Å². The van der Waals surface area contributed by atoms with Crippen LogP contribution in [0.15, 0.2) is 24.3 Å². The van der Waals surface area contributed by atoms with Crippen molar-refractivity contribution in [3.63, 3.8) is 0 Å². The molecule has 1 aliphatic heterocycles. The van der Waals surface area contributed by atoms with E-state index in [-0.39, 0.29) is 12.1 Å². The van der Waals surface area contributed by atoms with E-state index in [9.17, 15) is 0 Å². The van der Waals surface area contributed by atoms with Crippen LogP contribution < -0.4 is 5.73 Å². The first-order valence-electron chi connectivity index (χ1n) is 6.51. The highest BCUT2D eigenvalue weighted by Gasteiger charge is 2.26. The predicted octanol–water partition coefficient (Wildman–Crippen LogP) is 1.98. The van der Waals surface area contributed by atoms with Crippen LogP contribution in [0.4, 0.5) is 0 Å². The minimum absolute atomic E-state index is 0.120. The number of piperazine rings is 1. The molecule has 0 spiro atoms. The van der Waals surface area contributed by atoms with Gasteiger partial charge in [-0.3, -0.25) is 4.90 Å². The third-order valence-corrected chi connectivity index (χ3v) is 3.89. The van der Waals surface area contributed by atoms with E-state index in [2.05, 4.69) is 35.9 Å². The summed E-state index contributed by atoms with van der Waals surface area (Å²) in [6, 6.07) is 8.49. The number of hydrogen-bond acceptors (Lipinski definition) is 3. The quantitative estimate of drug-likeness (QED) is 0.909. The molecule has 1 heterocycles. The lowest BCUT2D eigenvalue weighted by Crippen LogP contribution is -2.49. The van der Waals surface area contributed by atoms with Gasteiger partial charge in [0.25, 0.3) is 0 Å². The molecule has 1 aromatic rings. The maximum atomic E-state index is 6.18. The van der Waals surface area contributed by atoms with Crippen molar-refractivity contribution in [2.45, 2.75) is 19.0 Å². The third kappa shape index (κ3) is 3.23. The molecule has 0 amide bonds. The maximum absolute atomic E-state index is 6.18. The Morgan fingerprint density at radius 3 is 2.17 bits per heavy atom. The molecule has 0 aliphatic carbocycles. The van der Waals surface area contributed by atoms with Gasteiger partial charge in [-0.1, -0.05) is 23.7 Å². The van der Waals surface area contributed by atoms with Gasteiger partial charge in [0.15, 0.2) is 0 Å². The zero-order valence-electron chi connectivity index (χ0n) is 11.1. The largest absolute Gasteiger partial charge is 0.326 e. The van der Waals surface area contributed by atoms with E-state index in [4.69, 9.17) is 17.3 Å². The number of hydrogen-bond donors (Lipinski definition) is 1. The zero-order valence-corrected chi connectivity index (χ0v) is 11.9. The highest BCUT2D eigenvalue weighted by molar-refractivity contribution is 6.30. The Labute approximate surface area is 115 Å². The average Bonchev–Trinajstić information content (AvgIpc) is 2.34. The lowest BCUT2D eigenvalue weighted by molar-refractivity contribution is 0.101. The molecule has 100 valence electrons. The van der Waals surface area contributed by atoms with Gasteiger partial charge in [-0.15, -0.1) is 0 Å². The number of rotatable bonds is 3. The minimum atomic E-state index is 0.120. The molecular weight excluding hydrogens is 246 g/mol. The lowest BCUT2D eigenvalue weighted by atomic mass is 9.98. The Morgan fingerprint density at radius 2 is 1.67 bits per heavy atom. The summed E-state index contributed by atoms with van der Waals surface area (Å²) < 4.78 is 0. The normalized spacial score (nSPS) is 21.8. The predicted molar refractivity (Wildman–Crippen MR) is 76.9 cm³/mol. The second-order valence-electron chi connectivity index (χ2n) is 5.19. The van der Waals surface area contributed by atoms with Crippen LogP contribution in [-0.2, 0) is 0 Å². The molecule has 1 fully saturated rings. The molecule has 1 aromatic carbocycles. The number of benzene rings is 1. The molecule has 2 unspecified atom stereocenters. The van der Waals surface area contributed by atoms with Gasteiger partial charge in [0.2, 0.25) is 0 Å². The van der Waals surface area contributed by atoms with Gasteiger partial charge < -0.3 is 10.6 Å². The molecule has 4 heteroatoms. The zero-order chi connectivity index (χ0) is 13.1. The van der Waals surface area contributed by atoms with Crippen LogP contribution in [0.1, 0.15) is 18.5 Å². The van der Waals surface area contributed by atoms with Crippen LogP contribution in [0.25, 0.3) is 0 Å². The SMILES string of the molecule is CC(N)C(c1ccc(Cl)cc1)N1CCN(C)CC1. The smallest absolute Gasteiger partial charge is 0.0497 e. The summed E-state index contributed by atoms with van der Waals surface area (Å²) >= 11 is 5.95. The van der Waals surface area contributed by atoms with E-state index in [0.29, 0.717) is 0 Å². The van der Waals surface area contributed by atoms with Crippen LogP contribution in [0.3, 0.4) is 0 Å². The molecule has 0 saturated carbocycles. The van der Waals surface area contributed by atoms with Crippen LogP contribution in [0, 0.1) is 0 Å². The molecule has 0 aromatic heterocycles. The van der Waals surface area contributed by atoms with E-state index in [1.807, 2.05) is 12.1 Å². The molecule has 2 N–H and O–H groups in total. The standard InChI is InChI=1S/C14H22ClN3/c1-11(16)14(12-3-5-13(15)6-4-12)18-9-7-17(2)8-10-18/h3-6,11,14H,7-10,16H2,1-2H3. The Balaban J connectivity index is 2.15. The van der Waals surface area contributed by atoms with Gasteiger partial charge in [-0.05, 0) is 31.7 Å². The fourth-order valence-corrected chi connectivity index (χ4v) is 2.73. The first-order chi connectivity index (χ1) is 8.58. The number of nitrogens with zero attached hydrogens (tertiary/aromatic N) is 2. The summed E-state index contributed by atoms with van der Waals surface area (Å²) in [4.78, 5) is 4.84. The van der Waals surface area contributed by atoms with Crippen molar-refractivity contribution in [3.8, 4) is 0 Å². The minimum Gasteiger partial charge on any atom is -0.326 e. The van der Waals surface area contributed by atoms with E-state index < -0.39 is 0 Å². The Morgan fingerprint density at radius 1 is 1.11 bits per heavy atom. The van der Waals surface area contributed by atoms with Crippen molar-refractivity contribution >= 4 is 11.6 Å². The topological polar surface area (TPSA) is 32.5 Å². The van der Waals surface area contributed by atoms with Crippen LogP contribution in [-0.4, -0.2) is 49.1 Å². The van der Waals surface area contributed by atoms with Crippen molar-refractivity contribution in [2.24, 2.45) is 5.73 Å². The molecule has 2 rings (SSSR count). The molecule has 1 aliphatic rings. The van der Waals surface area contributed by atoms with E-state index in [1.165, 1.54) is 5.56 Å². The van der Waals surface area contributed by atoms with Gasteiger partial charge in [0.05, 0.1) is 0 Å². The molecular formula is C14H22ClN3. The van der Waals surface area contributed by atoms with Crippen molar-refractivity contribution in [1.82, 2.24) is 9.80 Å².